The Labute approximate surface area is 144 Å². The number of nitrogen functional groups attached to an aromatic ring is 1. The number of nitrogens with zero attached hydrogens (tertiary/aromatic N) is 2. The number of carbonyl (C=O) groups is 1. The average molecular weight is 326 g/mol. The molecule has 2 aromatic rings. The van der Waals surface area contributed by atoms with Crippen LogP contribution in [0.1, 0.15) is 18.1 Å². The highest BCUT2D eigenvalue weighted by Gasteiger charge is 2.16. The van der Waals surface area contributed by atoms with Crippen molar-refractivity contribution in [2.75, 3.05) is 31.3 Å². The molecular formula is C19H26N4O. The van der Waals surface area contributed by atoms with Gasteiger partial charge in [-0.05, 0) is 36.2 Å². The summed E-state index contributed by atoms with van der Waals surface area (Å²) in [5, 5.41) is 2.89. The van der Waals surface area contributed by atoms with Crippen molar-refractivity contribution in [3.05, 3.63) is 59.7 Å². The van der Waals surface area contributed by atoms with Crippen LogP contribution >= 0.6 is 0 Å². The summed E-state index contributed by atoms with van der Waals surface area (Å²) in [6, 6.07) is 15.7. The van der Waals surface area contributed by atoms with Crippen LogP contribution in [-0.4, -0.2) is 31.6 Å². The molecule has 2 aromatic carbocycles. The van der Waals surface area contributed by atoms with Crippen molar-refractivity contribution in [3.8, 4) is 0 Å². The maximum Gasteiger partial charge on any atom is 0.317 e. The van der Waals surface area contributed by atoms with Gasteiger partial charge >= 0.3 is 6.03 Å². The van der Waals surface area contributed by atoms with E-state index >= 15 is 0 Å². The van der Waals surface area contributed by atoms with E-state index in [0.29, 0.717) is 25.3 Å². The van der Waals surface area contributed by atoms with Crippen LogP contribution in [0.3, 0.4) is 0 Å². The van der Waals surface area contributed by atoms with Crippen molar-refractivity contribution in [2.24, 2.45) is 0 Å². The van der Waals surface area contributed by atoms with E-state index in [4.69, 9.17) is 5.73 Å². The highest BCUT2D eigenvalue weighted by molar-refractivity contribution is 5.74. The molecule has 0 aliphatic rings. The van der Waals surface area contributed by atoms with Crippen LogP contribution in [0.2, 0.25) is 0 Å². The molecule has 3 N–H and O–H groups in total. The fourth-order valence-electron chi connectivity index (χ4n) is 2.64. The molecular weight excluding hydrogens is 300 g/mol. The molecule has 5 nitrogen and oxygen atoms in total. The Morgan fingerprint density at radius 3 is 2.42 bits per heavy atom. The minimum atomic E-state index is -0.0755. The van der Waals surface area contributed by atoms with Gasteiger partial charge in [0.1, 0.15) is 0 Å². The highest BCUT2D eigenvalue weighted by Crippen LogP contribution is 2.23. The van der Waals surface area contributed by atoms with Crippen molar-refractivity contribution < 1.29 is 4.79 Å². The molecule has 0 bridgehead atoms. The molecule has 5 heteroatoms. The third-order valence-corrected chi connectivity index (χ3v) is 3.78. The molecule has 24 heavy (non-hydrogen) atoms. The molecule has 0 saturated heterocycles. The van der Waals surface area contributed by atoms with E-state index in [9.17, 15) is 4.79 Å². The predicted molar refractivity (Wildman–Crippen MR) is 99.9 cm³/mol. The molecule has 0 atom stereocenters. The lowest BCUT2D eigenvalue weighted by molar-refractivity contribution is 0.193. The zero-order chi connectivity index (χ0) is 17.5. The first-order chi connectivity index (χ1) is 11.5. The van der Waals surface area contributed by atoms with Gasteiger partial charge in [-0.1, -0.05) is 30.3 Å². The van der Waals surface area contributed by atoms with Crippen molar-refractivity contribution in [2.45, 2.75) is 20.0 Å². The Bertz CT molecular complexity index is 670. The Kier molecular flexibility index (Phi) is 6.07. The average Bonchev–Trinajstić information content (AvgIpc) is 2.55. The van der Waals surface area contributed by atoms with Crippen molar-refractivity contribution in [1.82, 2.24) is 10.2 Å². The Morgan fingerprint density at radius 2 is 1.79 bits per heavy atom. The smallest absolute Gasteiger partial charge is 0.317 e. The molecule has 0 aliphatic carbocycles. The van der Waals surface area contributed by atoms with Gasteiger partial charge in [0.2, 0.25) is 0 Å². The first-order valence-electron chi connectivity index (χ1n) is 8.13. The number of hydrogen-bond acceptors (Lipinski definition) is 3. The van der Waals surface area contributed by atoms with E-state index in [-0.39, 0.29) is 6.03 Å². The lowest BCUT2D eigenvalue weighted by Gasteiger charge is -2.26. The van der Waals surface area contributed by atoms with Gasteiger partial charge in [-0.15, -0.1) is 0 Å². The lowest BCUT2D eigenvalue weighted by atomic mass is 10.1. The van der Waals surface area contributed by atoms with E-state index in [0.717, 1.165) is 16.8 Å². The van der Waals surface area contributed by atoms with Gasteiger partial charge in [-0.2, -0.15) is 0 Å². The van der Waals surface area contributed by atoms with Crippen LogP contribution in [0.15, 0.2) is 48.5 Å². The molecule has 2 rings (SSSR count). The molecule has 0 saturated carbocycles. The van der Waals surface area contributed by atoms with Gasteiger partial charge in [0.15, 0.2) is 0 Å². The number of nitrogens with two attached hydrogens (primary N) is 1. The SMILES string of the molecule is CCNC(=O)N(Cc1ccccc1)Cc1cc(N)ccc1N(C)C. The molecule has 0 heterocycles. The quantitative estimate of drug-likeness (QED) is 0.802. The van der Waals surface area contributed by atoms with Crippen molar-refractivity contribution in [1.29, 1.82) is 0 Å². The largest absolute Gasteiger partial charge is 0.399 e. The summed E-state index contributed by atoms with van der Waals surface area (Å²) in [4.78, 5) is 16.3. The van der Waals surface area contributed by atoms with Crippen LogP contribution < -0.4 is 16.0 Å². The van der Waals surface area contributed by atoms with Gasteiger partial charge in [-0.3, -0.25) is 0 Å². The Morgan fingerprint density at radius 1 is 1.08 bits per heavy atom. The first-order valence-corrected chi connectivity index (χ1v) is 8.13. The van der Waals surface area contributed by atoms with Gasteiger partial charge in [0.25, 0.3) is 0 Å². The number of rotatable bonds is 6. The maximum atomic E-state index is 12.5. The monoisotopic (exact) mass is 326 g/mol. The number of amides is 2. The summed E-state index contributed by atoms with van der Waals surface area (Å²) in [7, 11) is 3.98. The van der Waals surface area contributed by atoms with Crippen LogP contribution in [0.4, 0.5) is 16.2 Å². The summed E-state index contributed by atoms with van der Waals surface area (Å²) >= 11 is 0. The molecule has 0 aromatic heterocycles. The second-order valence-corrected chi connectivity index (χ2v) is 5.96. The molecule has 0 spiro atoms. The molecule has 128 valence electrons. The standard InChI is InChI=1S/C19H26N4O/c1-4-21-19(24)23(13-15-8-6-5-7-9-15)14-16-12-17(20)10-11-18(16)22(2)3/h5-12H,4,13-14,20H2,1-3H3,(H,21,24). The van der Waals surface area contributed by atoms with Crippen molar-refractivity contribution >= 4 is 17.4 Å². The fourth-order valence-corrected chi connectivity index (χ4v) is 2.64. The summed E-state index contributed by atoms with van der Waals surface area (Å²) in [6.07, 6.45) is 0. The zero-order valence-electron chi connectivity index (χ0n) is 14.6. The molecule has 0 fully saturated rings. The Balaban J connectivity index is 2.28. The summed E-state index contributed by atoms with van der Waals surface area (Å²) in [6.45, 7) is 3.57. The number of urea groups is 1. The van der Waals surface area contributed by atoms with E-state index in [2.05, 4.69) is 5.32 Å². The molecule has 0 radical (unpaired) electrons. The minimum Gasteiger partial charge on any atom is -0.399 e. The number of anilines is 2. The highest BCUT2D eigenvalue weighted by atomic mass is 16.2. The second kappa shape index (κ2) is 8.24. The predicted octanol–water partition coefficient (Wildman–Crippen LogP) is 3.07. The number of nitrogens with one attached hydrogen (secondary N) is 1. The number of hydrogen-bond donors (Lipinski definition) is 2. The third kappa shape index (κ3) is 4.65. The summed E-state index contributed by atoms with van der Waals surface area (Å²) in [5.74, 6) is 0. The fraction of sp³-hybridized carbons (Fsp3) is 0.316. The molecule has 2 amide bonds. The zero-order valence-corrected chi connectivity index (χ0v) is 14.6. The van der Waals surface area contributed by atoms with Crippen molar-refractivity contribution in [3.63, 3.8) is 0 Å². The topological polar surface area (TPSA) is 61.6 Å². The molecule has 0 aliphatic heterocycles. The number of benzene rings is 2. The van der Waals surface area contributed by atoms with Crippen LogP contribution in [-0.2, 0) is 13.1 Å². The maximum absolute atomic E-state index is 12.5. The summed E-state index contributed by atoms with van der Waals surface area (Å²) in [5.41, 5.74) is 9.84. The second-order valence-electron chi connectivity index (χ2n) is 5.96. The minimum absolute atomic E-state index is 0.0755. The third-order valence-electron chi connectivity index (χ3n) is 3.78. The molecule has 0 unspecified atom stereocenters. The van der Waals surface area contributed by atoms with E-state index < -0.39 is 0 Å². The van der Waals surface area contributed by atoms with E-state index in [1.807, 2.05) is 74.4 Å². The van der Waals surface area contributed by atoms with Crippen LogP contribution in [0.5, 0.6) is 0 Å². The lowest BCUT2D eigenvalue weighted by Crippen LogP contribution is -2.39. The van der Waals surface area contributed by atoms with Crippen LogP contribution in [0, 0.1) is 0 Å². The van der Waals surface area contributed by atoms with E-state index in [1.165, 1.54) is 0 Å². The normalized spacial score (nSPS) is 10.3. The van der Waals surface area contributed by atoms with Crippen LogP contribution in [0.25, 0.3) is 0 Å². The van der Waals surface area contributed by atoms with Gasteiger partial charge in [0.05, 0.1) is 0 Å². The van der Waals surface area contributed by atoms with Gasteiger partial charge in [-0.25, -0.2) is 4.79 Å². The van der Waals surface area contributed by atoms with Gasteiger partial charge in [0, 0.05) is 45.1 Å². The number of carbonyl (C=O) groups excluding carboxylic acids is 1. The summed E-state index contributed by atoms with van der Waals surface area (Å²) < 4.78 is 0. The van der Waals surface area contributed by atoms with Gasteiger partial charge < -0.3 is 20.9 Å². The first kappa shape index (κ1) is 17.7. The Hall–Kier alpha value is -2.69. The van der Waals surface area contributed by atoms with E-state index in [1.54, 1.807) is 4.90 Å².